The number of carbonyl (C=O) groups excluding carboxylic acids is 1. The number of aliphatic hydroxyl groups is 1. The van der Waals surface area contributed by atoms with Crippen molar-refractivity contribution in [3.63, 3.8) is 0 Å². The Hall–Kier alpha value is 0.630. The Morgan fingerprint density at radius 2 is 2.20 bits per heavy atom. The van der Waals surface area contributed by atoms with E-state index in [1.165, 1.54) is 0 Å². The smallest absolute Gasteiger partial charge is 1.00 e. The molecule has 5 heavy (non-hydrogen) atoms. The molecular formula is C2H5NaO2. The van der Waals surface area contributed by atoms with Crippen LogP contribution in [0.2, 0.25) is 0 Å². The molecule has 26 valence electrons. The van der Waals surface area contributed by atoms with Crippen LogP contribution in [0, 0.1) is 0 Å². The van der Waals surface area contributed by atoms with Crippen molar-refractivity contribution < 1.29 is 40.9 Å². The van der Waals surface area contributed by atoms with E-state index >= 15 is 0 Å². The predicted molar refractivity (Wildman–Crippen MR) is 14.3 cm³/mol. The summed E-state index contributed by atoms with van der Waals surface area (Å²) < 4.78 is 0. The van der Waals surface area contributed by atoms with E-state index in [1.807, 2.05) is 0 Å². The molecule has 0 aromatic carbocycles. The van der Waals surface area contributed by atoms with Gasteiger partial charge in [0.1, 0.15) is 6.29 Å². The van der Waals surface area contributed by atoms with Gasteiger partial charge < -0.3 is 11.3 Å². The monoisotopic (exact) mass is 84.0 g/mol. The summed E-state index contributed by atoms with van der Waals surface area (Å²) in [6.45, 7) is -0.361. The molecule has 0 amide bonds. The van der Waals surface area contributed by atoms with Gasteiger partial charge >= 0.3 is 29.6 Å². The SMILES string of the molecule is O=CCO.[H-].[Na+]. The van der Waals surface area contributed by atoms with Gasteiger partial charge in [0, 0.05) is 0 Å². The van der Waals surface area contributed by atoms with Crippen LogP contribution in [-0.2, 0) is 4.79 Å². The van der Waals surface area contributed by atoms with E-state index in [0.717, 1.165) is 0 Å². The summed E-state index contributed by atoms with van der Waals surface area (Å²) in [4.78, 5) is 8.92. The minimum atomic E-state index is -0.361. The molecule has 0 saturated carbocycles. The first kappa shape index (κ1) is 9.16. The molecule has 0 saturated heterocycles. The predicted octanol–water partition coefficient (Wildman–Crippen LogP) is -3.71. The molecule has 0 aliphatic heterocycles. The Bertz CT molecular complexity index is 25.5. The van der Waals surface area contributed by atoms with Crippen LogP contribution in [0.25, 0.3) is 0 Å². The summed E-state index contributed by atoms with van der Waals surface area (Å²) in [5, 5.41) is 7.51. The van der Waals surface area contributed by atoms with Gasteiger partial charge in [0.25, 0.3) is 0 Å². The number of rotatable bonds is 1. The normalized spacial score (nSPS) is 5.00. The molecule has 0 aliphatic carbocycles. The number of hydrogen-bond donors (Lipinski definition) is 1. The Labute approximate surface area is 54.0 Å². The maximum atomic E-state index is 8.92. The van der Waals surface area contributed by atoms with Gasteiger partial charge in [-0.1, -0.05) is 0 Å². The van der Waals surface area contributed by atoms with Gasteiger partial charge in [-0.2, -0.15) is 0 Å². The maximum absolute atomic E-state index is 8.92. The van der Waals surface area contributed by atoms with E-state index in [0.29, 0.717) is 6.29 Å². The first-order chi connectivity index (χ1) is 1.91. The summed E-state index contributed by atoms with van der Waals surface area (Å²) in [5.74, 6) is 0. The standard InChI is InChI=1S/C2H4O2.Na.H/c3-1-2-4;;/h1,4H,2H2;;/q;+1;-1. The summed E-state index contributed by atoms with van der Waals surface area (Å²) >= 11 is 0. The quantitative estimate of drug-likeness (QED) is 0.262. The van der Waals surface area contributed by atoms with Crippen LogP contribution in [0.3, 0.4) is 0 Å². The molecule has 1 N–H and O–H groups in total. The average molecular weight is 84.0 g/mol. The van der Waals surface area contributed by atoms with E-state index in [4.69, 9.17) is 9.90 Å². The molecule has 3 heteroatoms. The summed E-state index contributed by atoms with van der Waals surface area (Å²) in [7, 11) is 0. The second-order valence-corrected chi connectivity index (χ2v) is 0.349. The van der Waals surface area contributed by atoms with Crippen LogP contribution >= 0.6 is 0 Å². The molecule has 0 fully saturated rings. The zero-order valence-corrected chi connectivity index (χ0v) is 5.14. The Kier molecular flexibility index (Phi) is 16.2. The first-order valence-electron chi connectivity index (χ1n) is 0.960. The van der Waals surface area contributed by atoms with E-state index in [2.05, 4.69) is 0 Å². The van der Waals surface area contributed by atoms with Crippen molar-refractivity contribution in [1.29, 1.82) is 0 Å². The molecule has 0 aliphatic rings. The summed E-state index contributed by atoms with van der Waals surface area (Å²) in [5.41, 5.74) is 0. The summed E-state index contributed by atoms with van der Waals surface area (Å²) in [6, 6.07) is 0. The van der Waals surface area contributed by atoms with Gasteiger partial charge in [-0.3, -0.25) is 0 Å². The molecule has 0 spiro atoms. The van der Waals surface area contributed by atoms with Crippen molar-refractivity contribution >= 4 is 6.29 Å². The molecule has 2 nitrogen and oxygen atoms in total. The van der Waals surface area contributed by atoms with Gasteiger partial charge in [-0.15, -0.1) is 0 Å². The Morgan fingerprint density at radius 3 is 2.20 bits per heavy atom. The van der Waals surface area contributed by atoms with Crippen molar-refractivity contribution in [2.75, 3.05) is 6.61 Å². The van der Waals surface area contributed by atoms with E-state index in [1.54, 1.807) is 0 Å². The van der Waals surface area contributed by atoms with Gasteiger partial charge in [-0.25, -0.2) is 0 Å². The second kappa shape index (κ2) is 8.82. The fourth-order valence-electron chi connectivity index (χ4n) is 0. The molecule has 0 rings (SSSR count). The maximum Gasteiger partial charge on any atom is 1.00 e. The number of carbonyl (C=O) groups is 1. The van der Waals surface area contributed by atoms with Crippen molar-refractivity contribution in [2.45, 2.75) is 0 Å². The van der Waals surface area contributed by atoms with Gasteiger partial charge in [0.15, 0.2) is 0 Å². The topological polar surface area (TPSA) is 37.3 Å². The molecule has 0 aromatic heterocycles. The third-order valence-electron chi connectivity index (χ3n) is 0.0745. The third-order valence-corrected chi connectivity index (χ3v) is 0.0745. The van der Waals surface area contributed by atoms with E-state index in [9.17, 15) is 0 Å². The molecule has 0 atom stereocenters. The Balaban J connectivity index is -0.0000000450. The number of aliphatic hydroxyl groups excluding tert-OH is 1. The Morgan fingerprint density at radius 1 is 2.00 bits per heavy atom. The summed E-state index contributed by atoms with van der Waals surface area (Å²) in [6.07, 6.45) is 0.431. The number of aldehydes is 1. The van der Waals surface area contributed by atoms with Crippen LogP contribution in [0.15, 0.2) is 0 Å². The van der Waals surface area contributed by atoms with Crippen molar-refractivity contribution in [3.8, 4) is 0 Å². The largest absolute Gasteiger partial charge is 1.00 e. The van der Waals surface area contributed by atoms with Crippen LogP contribution in [0.1, 0.15) is 1.43 Å². The molecule has 0 bridgehead atoms. The zero-order valence-electron chi connectivity index (χ0n) is 4.14. The molecular weight excluding hydrogens is 79.0 g/mol. The zero-order chi connectivity index (χ0) is 3.41. The van der Waals surface area contributed by atoms with E-state index in [-0.39, 0.29) is 37.6 Å². The van der Waals surface area contributed by atoms with Crippen LogP contribution in [0.4, 0.5) is 0 Å². The van der Waals surface area contributed by atoms with Crippen molar-refractivity contribution in [3.05, 3.63) is 0 Å². The number of hydrogen-bond acceptors (Lipinski definition) is 2. The minimum Gasteiger partial charge on any atom is -1.00 e. The van der Waals surface area contributed by atoms with Crippen LogP contribution in [0.5, 0.6) is 0 Å². The van der Waals surface area contributed by atoms with Gasteiger partial charge in [0.2, 0.25) is 0 Å². The minimum absolute atomic E-state index is 0. The fraction of sp³-hybridized carbons (Fsp3) is 0.500. The van der Waals surface area contributed by atoms with Gasteiger partial charge in [-0.05, 0) is 0 Å². The molecule has 0 radical (unpaired) electrons. The van der Waals surface area contributed by atoms with E-state index < -0.39 is 0 Å². The first-order valence-corrected chi connectivity index (χ1v) is 0.960. The third kappa shape index (κ3) is 12.1. The second-order valence-electron chi connectivity index (χ2n) is 0.349. The van der Waals surface area contributed by atoms with Crippen molar-refractivity contribution in [2.24, 2.45) is 0 Å². The molecule has 0 unspecified atom stereocenters. The molecule has 0 heterocycles. The van der Waals surface area contributed by atoms with Crippen molar-refractivity contribution in [1.82, 2.24) is 0 Å². The fourth-order valence-corrected chi connectivity index (χ4v) is 0. The molecule has 0 aromatic rings. The average Bonchev–Trinajstić information content (AvgIpc) is 1.37. The van der Waals surface area contributed by atoms with Crippen LogP contribution < -0.4 is 29.6 Å². The van der Waals surface area contributed by atoms with Crippen LogP contribution in [-0.4, -0.2) is 18.0 Å². The van der Waals surface area contributed by atoms with Gasteiger partial charge in [0.05, 0.1) is 6.61 Å².